The molecule has 2 aromatic rings. The molecule has 0 radical (unpaired) electrons. The van der Waals surface area contributed by atoms with Crippen molar-refractivity contribution < 1.29 is 19.0 Å². The second kappa shape index (κ2) is 8.77. The van der Waals surface area contributed by atoms with Crippen LogP contribution in [0, 0.1) is 5.92 Å². The molecule has 1 aliphatic rings. The summed E-state index contributed by atoms with van der Waals surface area (Å²) in [6.07, 6.45) is 2.40. The van der Waals surface area contributed by atoms with Gasteiger partial charge < -0.3 is 24.4 Å². The Balaban J connectivity index is 1.74. The molecule has 1 N–H and O–H groups in total. The number of anilines is 2. The maximum Gasteiger partial charge on any atom is 0.257 e. The van der Waals surface area contributed by atoms with Gasteiger partial charge in [0.2, 0.25) is 5.75 Å². The van der Waals surface area contributed by atoms with Gasteiger partial charge in [-0.15, -0.1) is 10.2 Å². The quantitative estimate of drug-likeness (QED) is 0.817. The fraction of sp³-hybridized carbons (Fsp3) is 0.450. The van der Waals surface area contributed by atoms with Gasteiger partial charge in [0.15, 0.2) is 23.1 Å². The number of amides is 1. The van der Waals surface area contributed by atoms with Crippen LogP contribution in [0.3, 0.4) is 0 Å². The predicted molar refractivity (Wildman–Crippen MR) is 107 cm³/mol. The molecule has 28 heavy (non-hydrogen) atoms. The third-order valence-corrected chi connectivity index (χ3v) is 4.80. The van der Waals surface area contributed by atoms with Crippen LogP contribution in [-0.2, 0) is 0 Å². The Labute approximate surface area is 164 Å². The molecule has 1 aromatic carbocycles. The molecule has 0 bridgehead atoms. The highest BCUT2D eigenvalue weighted by molar-refractivity contribution is 6.04. The van der Waals surface area contributed by atoms with Crippen LogP contribution in [0.4, 0.5) is 11.6 Å². The molecule has 150 valence electrons. The maximum absolute atomic E-state index is 12.6. The van der Waals surface area contributed by atoms with Gasteiger partial charge in [-0.1, -0.05) is 6.92 Å². The van der Waals surface area contributed by atoms with Crippen molar-refractivity contribution in [3.8, 4) is 17.2 Å². The zero-order chi connectivity index (χ0) is 20.1. The number of aromatic nitrogens is 2. The standard InChI is InChI=1S/C20H26N4O4/c1-13-6-5-9-24(12-13)18-8-7-17(22-23-18)21-20(25)14-10-15(26-2)19(28-4)16(11-14)27-3/h7-8,10-11,13H,5-6,9,12H2,1-4H3,(H,21,22,25). The van der Waals surface area contributed by atoms with Gasteiger partial charge in [0, 0.05) is 18.7 Å². The second-order valence-electron chi connectivity index (χ2n) is 6.84. The number of piperidine rings is 1. The van der Waals surface area contributed by atoms with Crippen molar-refractivity contribution in [2.75, 3.05) is 44.6 Å². The fourth-order valence-corrected chi connectivity index (χ4v) is 3.36. The lowest BCUT2D eigenvalue weighted by Crippen LogP contribution is -2.34. The lowest BCUT2D eigenvalue weighted by molar-refractivity contribution is 0.102. The summed E-state index contributed by atoms with van der Waals surface area (Å²) >= 11 is 0. The lowest BCUT2D eigenvalue weighted by atomic mass is 10.0. The maximum atomic E-state index is 12.6. The molecule has 1 amide bonds. The van der Waals surface area contributed by atoms with E-state index in [0.29, 0.717) is 34.5 Å². The highest BCUT2D eigenvalue weighted by Crippen LogP contribution is 2.38. The van der Waals surface area contributed by atoms with Crippen LogP contribution in [0.25, 0.3) is 0 Å². The topological polar surface area (TPSA) is 85.8 Å². The molecule has 3 rings (SSSR count). The number of nitrogens with one attached hydrogen (secondary N) is 1. The highest BCUT2D eigenvalue weighted by Gasteiger charge is 2.19. The molecule has 1 atom stereocenters. The number of benzene rings is 1. The summed E-state index contributed by atoms with van der Waals surface area (Å²) in [5, 5.41) is 11.2. The SMILES string of the molecule is COc1cc(C(=O)Nc2ccc(N3CCCC(C)C3)nn2)cc(OC)c1OC. The van der Waals surface area contributed by atoms with E-state index in [1.54, 1.807) is 18.2 Å². The van der Waals surface area contributed by atoms with Crippen molar-refractivity contribution >= 4 is 17.5 Å². The summed E-state index contributed by atoms with van der Waals surface area (Å²) in [5.41, 5.74) is 0.366. The second-order valence-corrected chi connectivity index (χ2v) is 6.84. The normalized spacial score (nSPS) is 16.4. The van der Waals surface area contributed by atoms with Crippen molar-refractivity contribution in [2.24, 2.45) is 5.92 Å². The van der Waals surface area contributed by atoms with Gasteiger partial charge in [-0.25, -0.2) is 0 Å². The van der Waals surface area contributed by atoms with Crippen molar-refractivity contribution in [1.29, 1.82) is 0 Å². The van der Waals surface area contributed by atoms with Gasteiger partial charge in [0.05, 0.1) is 21.3 Å². The molecule has 0 spiro atoms. The molecule has 1 aliphatic heterocycles. The van der Waals surface area contributed by atoms with Crippen LogP contribution < -0.4 is 24.4 Å². The number of ether oxygens (including phenoxy) is 3. The van der Waals surface area contributed by atoms with Crippen LogP contribution in [0.15, 0.2) is 24.3 Å². The molecular formula is C20H26N4O4. The highest BCUT2D eigenvalue weighted by atomic mass is 16.5. The first-order valence-corrected chi connectivity index (χ1v) is 9.25. The summed E-state index contributed by atoms with van der Waals surface area (Å²) in [6, 6.07) is 6.83. The van der Waals surface area contributed by atoms with Gasteiger partial charge in [0.25, 0.3) is 5.91 Å². The minimum atomic E-state index is -0.340. The minimum Gasteiger partial charge on any atom is -0.493 e. The van der Waals surface area contributed by atoms with Crippen LogP contribution in [0.1, 0.15) is 30.1 Å². The molecule has 1 saturated heterocycles. The summed E-state index contributed by atoms with van der Waals surface area (Å²) in [4.78, 5) is 14.9. The smallest absolute Gasteiger partial charge is 0.257 e. The van der Waals surface area contributed by atoms with E-state index >= 15 is 0 Å². The molecule has 2 heterocycles. The van der Waals surface area contributed by atoms with E-state index < -0.39 is 0 Å². The number of carbonyl (C=O) groups is 1. The van der Waals surface area contributed by atoms with Crippen molar-refractivity contribution in [3.05, 3.63) is 29.8 Å². The molecular weight excluding hydrogens is 360 g/mol. The summed E-state index contributed by atoms with van der Waals surface area (Å²) < 4.78 is 15.9. The third-order valence-electron chi connectivity index (χ3n) is 4.80. The van der Waals surface area contributed by atoms with Crippen molar-refractivity contribution in [2.45, 2.75) is 19.8 Å². The predicted octanol–water partition coefficient (Wildman–Crippen LogP) is 2.99. The van der Waals surface area contributed by atoms with Crippen LogP contribution >= 0.6 is 0 Å². The zero-order valence-electron chi connectivity index (χ0n) is 16.7. The van der Waals surface area contributed by atoms with Crippen LogP contribution in [0.2, 0.25) is 0 Å². The number of carbonyl (C=O) groups excluding carboxylic acids is 1. The Bertz CT molecular complexity index is 800. The van der Waals surface area contributed by atoms with E-state index in [4.69, 9.17) is 14.2 Å². The lowest BCUT2D eigenvalue weighted by Gasteiger charge is -2.31. The van der Waals surface area contributed by atoms with E-state index in [-0.39, 0.29) is 5.91 Å². The zero-order valence-corrected chi connectivity index (χ0v) is 16.7. The summed E-state index contributed by atoms with van der Waals surface area (Å²) in [6.45, 7) is 4.20. The Morgan fingerprint density at radius 1 is 1.11 bits per heavy atom. The van der Waals surface area contributed by atoms with Crippen LogP contribution in [-0.4, -0.2) is 50.5 Å². The van der Waals surface area contributed by atoms with Gasteiger partial charge in [-0.2, -0.15) is 0 Å². The first kappa shape index (κ1) is 19.7. The van der Waals surface area contributed by atoms with Gasteiger partial charge in [-0.3, -0.25) is 4.79 Å². The Morgan fingerprint density at radius 3 is 2.36 bits per heavy atom. The molecule has 1 fully saturated rings. The minimum absolute atomic E-state index is 0.340. The van der Waals surface area contributed by atoms with Crippen molar-refractivity contribution in [1.82, 2.24) is 10.2 Å². The van der Waals surface area contributed by atoms with E-state index in [0.717, 1.165) is 25.3 Å². The largest absolute Gasteiger partial charge is 0.493 e. The molecule has 0 aliphatic carbocycles. The number of hydrogen-bond acceptors (Lipinski definition) is 7. The van der Waals surface area contributed by atoms with E-state index in [1.165, 1.54) is 27.8 Å². The first-order chi connectivity index (χ1) is 13.5. The molecule has 1 aromatic heterocycles. The third kappa shape index (κ3) is 4.27. The summed E-state index contributed by atoms with van der Waals surface area (Å²) in [7, 11) is 4.52. The monoisotopic (exact) mass is 386 g/mol. The van der Waals surface area contributed by atoms with E-state index in [1.807, 2.05) is 6.07 Å². The first-order valence-electron chi connectivity index (χ1n) is 9.25. The summed E-state index contributed by atoms with van der Waals surface area (Å²) in [5.74, 6) is 2.77. The molecule has 0 saturated carbocycles. The number of methoxy groups -OCH3 is 3. The molecule has 1 unspecified atom stereocenters. The Kier molecular flexibility index (Phi) is 6.18. The number of nitrogens with zero attached hydrogens (tertiary/aromatic N) is 3. The van der Waals surface area contributed by atoms with Crippen LogP contribution in [0.5, 0.6) is 17.2 Å². The van der Waals surface area contributed by atoms with Gasteiger partial charge in [0.1, 0.15) is 0 Å². The van der Waals surface area contributed by atoms with Gasteiger partial charge >= 0.3 is 0 Å². The average molecular weight is 386 g/mol. The molecule has 8 nitrogen and oxygen atoms in total. The Morgan fingerprint density at radius 2 is 1.82 bits per heavy atom. The fourth-order valence-electron chi connectivity index (χ4n) is 3.36. The Hall–Kier alpha value is -3.03. The number of hydrogen-bond donors (Lipinski definition) is 1. The van der Waals surface area contributed by atoms with E-state index in [2.05, 4.69) is 27.3 Å². The van der Waals surface area contributed by atoms with Crippen molar-refractivity contribution in [3.63, 3.8) is 0 Å². The van der Waals surface area contributed by atoms with E-state index in [9.17, 15) is 4.79 Å². The number of rotatable bonds is 6. The molecule has 8 heteroatoms. The van der Waals surface area contributed by atoms with Gasteiger partial charge in [-0.05, 0) is 43.0 Å². The average Bonchev–Trinajstić information content (AvgIpc) is 2.73.